The molecule has 0 saturated carbocycles. The Morgan fingerprint density at radius 1 is 1.35 bits per heavy atom. The molecule has 2 aromatic rings. The number of hydrogen-bond acceptors (Lipinski definition) is 5. The number of benzene rings is 1. The zero-order chi connectivity index (χ0) is 14.3. The molecule has 1 aliphatic heterocycles. The fourth-order valence-electron chi connectivity index (χ4n) is 2.36. The Morgan fingerprint density at radius 3 is 2.85 bits per heavy atom. The Hall–Kier alpha value is -1.85. The summed E-state index contributed by atoms with van der Waals surface area (Å²) in [7, 11) is 1.36. The molecule has 3 rings (SSSR count). The van der Waals surface area contributed by atoms with Crippen LogP contribution < -0.4 is 5.73 Å². The first-order chi connectivity index (χ1) is 9.61. The SMILES string of the molecule is COC(=O)c1sc(-c2ccc3c(c2)COC3)c(C)c1N. The van der Waals surface area contributed by atoms with E-state index in [1.807, 2.05) is 13.0 Å². The minimum Gasteiger partial charge on any atom is -0.465 e. The number of hydrogen-bond donors (Lipinski definition) is 1. The first-order valence-corrected chi connectivity index (χ1v) is 7.10. The molecule has 0 aliphatic carbocycles. The summed E-state index contributed by atoms with van der Waals surface area (Å²) in [5, 5.41) is 0. The third-order valence-electron chi connectivity index (χ3n) is 3.55. The van der Waals surface area contributed by atoms with Gasteiger partial charge in [0.05, 0.1) is 26.0 Å². The molecule has 1 aromatic carbocycles. The second kappa shape index (κ2) is 4.92. The molecule has 0 amide bonds. The summed E-state index contributed by atoms with van der Waals surface area (Å²) in [6, 6.07) is 6.24. The van der Waals surface area contributed by atoms with Crippen molar-refractivity contribution in [3.05, 3.63) is 39.8 Å². The van der Waals surface area contributed by atoms with Crippen LogP contribution in [0, 0.1) is 6.92 Å². The predicted molar refractivity (Wildman–Crippen MR) is 78.7 cm³/mol. The number of rotatable bonds is 2. The molecular weight excluding hydrogens is 274 g/mol. The molecular formula is C15H15NO3S. The quantitative estimate of drug-likeness (QED) is 0.863. The van der Waals surface area contributed by atoms with E-state index in [9.17, 15) is 4.79 Å². The molecule has 4 nitrogen and oxygen atoms in total. The highest BCUT2D eigenvalue weighted by atomic mass is 32.1. The van der Waals surface area contributed by atoms with Crippen LogP contribution in [0.3, 0.4) is 0 Å². The van der Waals surface area contributed by atoms with Crippen molar-refractivity contribution in [2.45, 2.75) is 20.1 Å². The van der Waals surface area contributed by atoms with Crippen molar-refractivity contribution in [2.24, 2.45) is 0 Å². The monoisotopic (exact) mass is 289 g/mol. The van der Waals surface area contributed by atoms with E-state index in [0.717, 1.165) is 16.0 Å². The van der Waals surface area contributed by atoms with Gasteiger partial charge >= 0.3 is 5.97 Å². The van der Waals surface area contributed by atoms with E-state index in [1.165, 1.54) is 29.6 Å². The third kappa shape index (κ3) is 1.99. The van der Waals surface area contributed by atoms with Gasteiger partial charge in [0.25, 0.3) is 0 Å². The van der Waals surface area contributed by atoms with Gasteiger partial charge in [0.2, 0.25) is 0 Å². The number of fused-ring (bicyclic) bond motifs is 1. The number of carbonyl (C=O) groups is 1. The Morgan fingerprint density at radius 2 is 2.10 bits per heavy atom. The van der Waals surface area contributed by atoms with E-state index < -0.39 is 0 Å². The molecule has 0 atom stereocenters. The van der Waals surface area contributed by atoms with Gasteiger partial charge in [-0.1, -0.05) is 12.1 Å². The molecule has 1 aliphatic rings. The lowest BCUT2D eigenvalue weighted by Crippen LogP contribution is -2.01. The maximum atomic E-state index is 11.7. The summed E-state index contributed by atoms with van der Waals surface area (Å²) in [6.45, 7) is 3.25. The molecule has 0 unspecified atom stereocenters. The summed E-state index contributed by atoms with van der Waals surface area (Å²) >= 11 is 1.38. The standard InChI is InChI=1S/C15H15NO3S/c1-8-12(16)14(15(17)18-2)20-13(8)9-3-4-10-6-19-7-11(10)5-9/h3-5H,6-7,16H2,1-2H3. The van der Waals surface area contributed by atoms with Crippen LogP contribution in [-0.4, -0.2) is 13.1 Å². The highest BCUT2D eigenvalue weighted by Crippen LogP contribution is 2.39. The molecule has 2 heterocycles. The summed E-state index contributed by atoms with van der Waals surface area (Å²) in [4.78, 5) is 13.2. The van der Waals surface area contributed by atoms with Crippen molar-refractivity contribution in [1.82, 2.24) is 0 Å². The van der Waals surface area contributed by atoms with E-state index >= 15 is 0 Å². The van der Waals surface area contributed by atoms with Crippen LogP contribution in [-0.2, 0) is 22.7 Å². The second-order valence-electron chi connectivity index (χ2n) is 4.77. The van der Waals surface area contributed by atoms with Crippen molar-refractivity contribution in [1.29, 1.82) is 0 Å². The molecule has 0 bridgehead atoms. The van der Waals surface area contributed by atoms with Crippen molar-refractivity contribution < 1.29 is 14.3 Å². The number of anilines is 1. The number of thiophene rings is 1. The van der Waals surface area contributed by atoms with Crippen LogP contribution in [0.25, 0.3) is 10.4 Å². The van der Waals surface area contributed by atoms with Gasteiger partial charge in [0.15, 0.2) is 0 Å². The van der Waals surface area contributed by atoms with Crippen molar-refractivity contribution in [2.75, 3.05) is 12.8 Å². The first kappa shape index (κ1) is 13.1. The number of esters is 1. The zero-order valence-corrected chi connectivity index (χ0v) is 12.2. The first-order valence-electron chi connectivity index (χ1n) is 6.29. The van der Waals surface area contributed by atoms with Crippen LogP contribution in [0.1, 0.15) is 26.4 Å². The molecule has 0 spiro atoms. The summed E-state index contributed by atoms with van der Waals surface area (Å²) in [5.41, 5.74) is 10.9. The van der Waals surface area contributed by atoms with E-state index in [2.05, 4.69) is 12.1 Å². The van der Waals surface area contributed by atoms with Gasteiger partial charge in [-0.2, -0.15) is 0 Å². The zero-order valence-electron chi connectivity index (χ0n) is 11.4. The largest absolute Gasteiger partial charge is 0.465 e. The van der Waals surface area contributed by atoms with E-state index in [1.54, 1.807) is 0 Å². The minimum absolute atomic E-state index is 0.383. The van der Waals surface area contributed by atoms with Crippen LogP contribution in [0.15, 0.2) is 18.2 Å². The number of nitrogen functional groups attached to an aromatic ring is 1. The van der Waals surface area contributed by atoms with Crippen molar-refractivity contribution in [3.8, 4) is 10.4 Å². The summed E-state index contributed by atoms with van der Waals surface area (Å²) < 4.78 is 10.2. The molecule has 0 saturated heterocycles. The topological polar surface area (TPSA) is 61.5 Å². The van der Waals surface area contributed by atoms with Gasteiger partial charge in [-0.05, 0) is 35.2 Å². The lowest BCUT2D eigenvalue weighted by atomic mass is 10.0. The lowest BCUT2D eigenvalue weighted by molar-refractivity contribution is 0.0607. The second-order valence-corrected chi connectivity index (χ2v) is 5.79. The Labute approximate surface area is 121 Å². The summed E-state index contributed by atoms with van der Waals surface area (Å²) in [5.74, 6) is -0.383. The molecule has 2 N–H and O–H groups in total. The Kier molecular flexibility index (Phi) is 3.23. The molecule has 1 aromatic heterocycles. The molecule has 0 radical (unpaired) electrons. The fourth-order valence-corrected chi connectivity index (χ4v) is 3.50. The van der Waals surface area contributed by atoms with Crippen LogP contribution in [0.5, 0.6) is 0 Å². The van der Waals surface area contributed by atoms with Crippen LogP contribution in [0.4, 0.5) is 5.69 Å². The average molecular weight is 289 g/mol. The van der Waals surface area contributed by atoms with Gasteiger partial charge < -0.3 is 15.2 Å². The maximum Gasteiger partial charge on any atom is 0.350 e. The molecule has 20 heavy (non-hydrogen) atoms. The van der Waals surface area contributed by atoms with Gasteiger partial charge in [0.1, 0.15) is 4.88 Å². The highest BCUT2D eigenvalue weighted by Gasteiger charge is 2.21. The molecule has 0 fully saturated rings. The van der Waals surface area contributed by atoms with Gasteiger partial charge in [-0.25, -0.2) is 4.79 Å². The molecule has 104 valence electrons. The van der Waals surface area contributed by atoms with Crippen LogP contribution in [0.2, 0.25) is 0 Å². The lowest BCUT2D eigenvalue weighted by Gasteiger charge is -2.03. The predicted octanol–water partition coefficient (Wildman–Crippen LogP) is 3.12. The van der Waals surface area contributed by atoms with E-state index in [-0.39, 0.29) is 5.97 Å². The number of carbonyl (C=O) groups excluding carboxylic acids is 1. The van der Waals surface area contributed by atoms with Gasteiger partial charge in [0, 0.05) is 4.88 Å². The number of ether oxygens (including phenoxy) is 2. The van der Waals surface area contributed by atoms with Crippen molar-refractivity contribution >= 4 is 23.0 Å². The maximum absolute atomic E-state index is 11.7. The van der Waals surface area contributed by atoms with Gasteiger partial charge in [-0.15, -0.1) is 11.3 Å². The minimum atomic E-state index is -0.383. The van der Waals surface area contributed by atoms with E-state index in [0.29, 0.717) is 23.8 Å². The molecule has 5 heteroatoms. The third-order valence-corrected chi connectivity index (χ3v) is 4.88. The van der Waals surface area contributed by atoms with Crippen LogP contribution >= 0.6 is 11.3 Å². The van der Waals surface area contributed by atoms with Gasteiger partial charge in [-0.3, -0.25) is 0 Å². The summed E-state index contributed by atoms with van der Waals surface area (Å²) in [6.07, 6.45) is 0. The highest BCUT2D eigenvalue weighted by molar-refractivity contribution is 7.18. The Balaban J connectivity index is 2.08. The number of nitrogens with two attached hydrogens (primary N) is 1. The fraction of sp³-hybridized carbons (Fsp3) is 0.267. The smallest absolute Gasteiger partial charge is 0.350 e. The average Bonchev–Trinajstić information content (AvgIpc) is 3.03. The Bertz CT molecular complexity index is 691. The van der Waals surface area contributed by atoms with Crippen molar-refractivity contribution in [3.63, 3.8) is 0 Å². The van der Waals surface area contributed by atoms with E-state index in [4.69, 9.17) is 15.2 Å². The normalized spacial score (nSPS) is 13.3. The number of methoxy groups -OCH3 is 1.